The minimum Gasteiger partial charge on any atom is -0.356 e. The highest BCUT2D eigenvalue weighted by atomic mass is 19.3. The van der Waals surface area contributed by atoms with Crippen LogP contribution in [0, 0.1) is 5.92 Å². The largest absolute Gasteiger partial charge is 0.356 e. The van der Waals surface area contributed by atoms with Crippen molar-refractivity contribution < 1.29 is 13.6 Å². The monoisotopic (exact) mass is 380 g/mol. The van der Waals surface area contributed by atoms with Crippen LogP contribution in [0.2, 0.25) is 0 Å². The Labute approximate surface area is 160 Å². The van der Waals surface area contributed by atoms with Crippen LogP contribution in [0.4, 0.5) is 14.6 Å². The Morgan fingerprint density at radius 1 is 1.19 bits per heavy atom. The summed E-state index contributed by atoms with van der Waals surface area (Å²) in [5.41, 5.74) is -0.0913. The van der Waals surface area contributed by atoms with E-state index in [0.717, 1.165) is 37.6 Å². The maximum Gasteiger partial charge on any atom is 0.251 e. The molecule has 0 spiro atoms. The fraction of sp³-hybridized carbons (Fsp3) is 0.750. The van der Waals surface area contributed by atoms with E-state index >= 15 is 0 Å². The number of amides is 1. The standard InChI is InChI=1S/C20H30F2N4O/c1-19(2,3)18-23-9-4-16(24-18)25-10-5-15(6-11-25)14-17(27)26-12-7-20(21,22)8-13-26/h4,9,15H,5-8,10-14H2,1-3H3. The summed E-state index contributed by atoms with van der Waals surface area (Å²) in [6.07, 6.45) is 3.71. The van der Waals surface area contributed by atoms with E-state index in [1.54, 1.807) is 4.90 Å². The van der Waals surface area contributed by atoms with E-state index < -0.39 is 5.92 Å². The summed E-state index contributed by atoms with van der Waals surface area (Å²) in [6.45, 7) is 8.37. The molecule has 0 aromatic carbocycles. The van der Waals surface area contributed by atoms with Crippen LogP contribution in [0.25, 0.3) is 0 Å². The Morgan fingerprint density at radius 3 is 2.41 bits per heavy atom. The number of likely N-dealkylation sites (tertiary alicyclic amines) is 1. The van der Waals surface area contributed by atoms with Gasteiger partial charge in [-0.2, -0.15) is 0 Å². The van der Waals surface area contributed by atoms with Crippen LogP contribution in [0.15, 0.2) is 12.3 Å². The molecular formula is C20H30F2N4O. The Bertz CT molecular complexity index is 656. The number of aromatic nitrogens is 2. The van der Waals surface area contributed by atoms with Crippen LogP contribution < -0.4 is 4.90 Å². The van der Waals surface area contributed by atoms with Gasteiger partial charge in [0.2, 0.25) is 5.91 Å². The topological polar surface area (TPSA) is 49.3 Å². The van der Waals surface area contributed by atoms with E-state index in [-0.39, 0.29) is 37.3 Å². The number of nitrogens with zero attached hydrogens (tertiary/aromatic N) is 4. The first-order valence-electron chi connectivity index (χ1n) is 9.88. The molecule has 2 fully saturated rings. The molecule has 2 aliphatic rings. The lowest BCUT2D eigenvalue weighted by Crippen LogP contribution is -2.44. The number of alkyl halides is 2. The zero-order valence-electron chi connectivity index (χ0n) is 16.5. The molecule has 0 aliphatic carbocycles. The fourth-order valence-electron chi connectivity index (χ4n) is 3.71. The van der Waals surface area contributed by atoms with Crippen molar-refractivity contribution in [1.29, 1.82) is 0 Å². The molecule has 5 nitrogen and oxygen atoms in total. The predicted octanol–water partition coefficient (Wildman–Crippen LogP) is 3.64. The van der Waals surface area contributed by atoms with Crippen LogP contribution >= 0.6 is 0 Å². The third-order valence-electron chi connectivity index (χ3n) is 5.56. The molecular weight excluding hydrogens is 350 g/mol. The number of carbonyl (C=O) groups is 1. The Kier molecular flexibility index (Phi) is 5.68. The molecule has 2 saturated heterocycles. The molecule has 0 unspecified atom stereocenters. The normalized spacial score (nSPS) is 21.4. The number of rotatable bonds is 3. The number of halogens is 2. The second-order valence-corrected chi connectivity index (χ2v) is 8.86. The van der Waals surface area contributed by atoms with E-state index in [1.807, 2.05) is 12.3 Å². The van der Waals surface area contributed by atoms with E-state index in [9.17, 15) is 13.6 Å². The van der Waals surface area contributed by atoms with E-state index in [4.69, 9.17) is 4.98 Å². The summed E-state index contributed by atoms with van der Waals surface area (Å²) >= 11 is 0. The molecule has 3 heterocycles. The first-order valence-corrected chi connectivity index (χ1v) is 9.88. The van der Waals surface area contributed by atoms with Crippen molar-refractivity contribution in [2.24, 2.45) is 5.92 Å². The second-order valence-electron chi connectivity index (χ2n) is 8.86. The number of piperidine rings is 2. The average molecular weight is 380 g/mol. The molecule has 1 aromatic rings. The van der Waals surface area contributed by atoms with Crippen molar-refractivity contribution in [2.75, 3.05) is 31.1 Å². The smallest absolute Gasteiger partial charge is 0.251 e. The molecule has 0 N–H and O–H groups in total. The van der Waals surface area contributed by atoms with Crippen LogP contribution in [-0.4, -0.2) is 52.9 Å². The summed E-state index contributed by atoms with van der Waals surface area (Å²) in [6, 6.07) is 1.94. The molecule has 150 valence electrons. The first kappa shape index (κ1) is 20.0. The number of carbonyl (C=O) groups excluding carboxylic acids is 1. The van der Waals surface area contributed by atoms with E-state index in [1.165, 1.54) is 0 Å². The number of anilines is 1. The molecule has 1 aromatic heterocycles. The highest BCUT2D eigenvalue weighted by Crippen LogP contribution is 2.30. The van der Waals surface area contributed by atoms with E-state index in [0.29, 0.717) is 12.3 Å². The van der Waals surface area contributed by atoms with Gasteiger partial charge in [-0.05, 0) is 24.8 Å². The molecule has 7 heteroatoms. The van der Waals surface area contributed by atoms with Crippen molar-refractivity contribution in [2.45, 2.75) is 64.2 Å². The van der Waals surface area contributed by atoms with Gasteiger partial charge in [-0.25, -0.2) is 18.7 Å². The zero-order valence-corrected chi connectivity index (χ0v) is 16.5. The fourth-order valence-corrected chi connectivity index (χ4v) is 3.71. The van der Waals surface area contributed by atoms with Crippen molar-refractivity contribution >= 4 is 11.7 Å². The SMILES string of the molecule is CC(C)(C)c1nccc(N2CCC(CC(=O)N3CCC(F)(F)CC3)CC2)n1. The van der Waals surface area contributed by atoms with Gasteiger partial charge in [0.05, 0.1) is 0 Å². The Hall–Kier alpha value is -1.79. The Balaban J connectivity index is 1.50. The third kappa shape index (κ3) is 5.14. The van der Waals surface area contributed by atoms with Gasteiger partial charge in [-0.1, -0.05) is 20.8 Å². The molecule has 3 rings (SSSR count). The van der Waals surface area contributed by atoms with Crippen LogP contribution in [-0.2, 0) is 10.2 Å². The van der Waals surface area contributed by atoms with Crippen molar-refractivity contribution in [3.63, 3.8) is 0 Å². The molecule has 0 atom stereocenters. The van der Waals surface area contributed by atoms with Crippen LogP contribution in [0.1, 0.15) is 58.7 Å². The first-order chi connectivity index (χ1) is 12.6. The van der Waals surface area contributed by atoms with Crippen molar-refractivity contribution in [3.8, 4) is 0 Å². The molecule has 1 amide bonds. The number of hydrogen-bond acceptors (Lipinski definition) is 4. The average Bonchev–Trinajstić information content (AvgIpc) is 2.61. The van der Waals surface area contributed by atoms with Gasteiger partial charge in [-0.3, -0.25) is 4.79 Å². The summed E-state index contributed by atoms with van der Waals surface area (Å²) in [5, 5.41) is 0. The van der Waals surface area contributed by atoms with Crippen molar-refractivity contribution in [1.82, 2.24) is 14.9 Å². The highest BCUT2D eigenvalue weighted by molar-refractivity contribution is 5.76. The van der Waals surface area contributed by atoms with Crippen LogP contribution in [0.3, 0.4) is 0 Å². The number of hydrogen-bond donors (Lipinski definition) is 0. The van der Waals surface area contributed by atoms with Crippen LogP contribution in [0.5, 0.6) is 0 Å². The second kappa shape index (κ2) is 7.68. The highest BCUT2D eigenvalue weighted by Gasteiger charge is 2.36. The molecule has 0 saturated carbocycles. The van der Waals surface area contributed by atoms with Gasteiger partial charge in [0.15, 0.2) is 0 Å². The maximum absolute atomic E-state index is 13.3. The van der Waals surface area contributed by atoms with Gasteiger partial charge >= 0.3 is 0 Å². The van der Waals surface area contributed by atoms with Gasteiger partial charge in [0.1, 0.15) is 11.6 Å². The lowest BCUT2D eigenvalue weighted by Gasteiger charge is -2.35. The predicted molar refractivity (Wildman–Crippen MR) is 101 cm³/mol. The lowest BCUT2D eigenvalue weighted by atomic mass is 9.92. The summed E-state index contributed by atoms with van der Waals surface area (Å²) in [7, 11) is 0. The summed E-state index contributed by atoms with van der Waals surface area (Å²) in [4.78, 5) is 25.4. The third-order valence-corrected chi connectivity index (χ3v) is 5.56. The lowest BCUT2D eigenvalue weighted by molar-refractivity contribution is -0.138. The minimum atomic E-state index is -2.61. The molecule has 0 bridgehead atoms. The minimum absolute atomic E-state index is 0.0287. The summed E-state index contributed by atoms with van der Waals surface area (Å²) < 4.78 is 26.5. The summed E-state index contributed by atoms with van der Waals surface area (Å²) in [5.74, 6) is -0.482. The van der Waals surface area contributed by atoms with E-state index in [2.05, 4.69) is 30.7 Å². The van der Waals surface area contributed by atoms with Crippen molar-refractivity contribution in [3.05, 3.63) is 18.1 Å². The zero-order chi connectivity index (χ0) is 19.7. The quantitative estimate of drug-likeness (QED) is 0.803. The Morgan fingerprint density at radius 2 is 1.81 bits per heavy atom. The maximum atomic E-state index is 13.3. The van der Waals surface area contributed by atoms with Gasteiger partial charge in [0.25, 0.3) is 5.92 Å². The molecule has 2 aliphatic heterocycles. The molecule has 0 radical (unpaired) electrons. The van der Waals surface area contributed by atoms with Gasteiger partial charge < -0.3 is 9.80 Å². The molecule has 27 heavy (non-hydrogen) atoms. The van der Waals surface area contributed by atoms with Gasteiger partial charge in [-0.15, -0.1) is 0 Å². The van der Waals surface area contributed by atoms with Gasteiger partial charge in [0, 0.05) is 57.1 Å².